The number of fused-ring (bicyclic) bond motifs is 1. The number of hydrogen-bond acceptors (Lipinski definition) is 1. The first-order valence-electron chi connectivity index (χ1n) is 7.27. The standard InChI is InChI=1S/C19H13Cl2NS/c20-16-6-3-13(10-17(16)21)12-22-8-7-14-4-5-15(11-18(14)22)19-2-1-9-23-19/h1-11H,12H2. The summed E-state index contributed by atoms with van der Waals surface area (Å²) in [5.41, 5.74) is 3.61. The first-order chi connectivity index (χ1) is 11.2. The van der Waals surface area contributed by atoms with Crippen LogP contribution in [0.2, 0.25) is 10.0 Å². The van der Waals surface area contributed by atoms with Gasteiger partial charge in [0.25, 0.3) is 0 Å². The molecule has 114 valence electrons. The Morgan fingerprint density at radius 1 is 0.913 bits per heavy atom. The molecule has 0 aliphatic rings. The Balaban J connectivity index is 1.74. The van der Waals surface area contributed by atoms with E-state index in [0.717, 1.165) is 12.1 Å². The number of hydrogen-bond donors (Lipinski definition) is 0. The molecule has 0 fully saturated rings. The highest BCUT2D eigenvalue weighted by atomic mass is 35.5. The molecular formula is C19H13Cl2NS. The third kappa shape index (κ3) is 2.90. The normalized spacial score (nSPS) is 11.2. The van der Waals surface area contributed by atoms with Gasteiger partial charge in [-0.25, -0.2) is 0 Å². The number of nitrogens with zero attached hydrogens (tertiary/aromatic N) is 1. The highest BCUT2D eigenvalue weighted by molar-refractivity contribution is 7.13. The fraction of sp³-hybridized carbons (Fsp3) is 0.0526. The number of thiophene rings is 1. The maximum absolute atomic E-state index is 6.13. The summed E-state index contributed by atoms with van der Waals surface area (Å²) in [4.78, 5) is 1.29. The Bertz CT molecular complexity index is 970. The molecule has 0 bridgehead atoms. The highest BCUT2D eigenvalue weighted by Gasteiger charge is 2.06. The Hall–Kier alpha value is -1.74. The topological polar surface area (TPSA) is 4.93 Å². The van der Waals surface area contributed by atoms with E-state index in [-0.39, 0.29) is 0 Å². The van der Waals surface area contributed by atoms with Crippen molar-refractivity contribution < 1.29 is 0 Å². The average Bonchev–Trinajstić information content (AvgIpc) is 3.21. The van der Waals surface area contributed by atoms with Gasteiger partial charge in [-0.2, -0.15) is 0 Å². The van der Waals surface area contributed by atoms with E-state index in [9.17, 15) is 0 Å². The van der Waals surface area contributed by atoms with E-state index in [1.165, 1.54) is 21.3 Å². The fourth-order valence-electron chi connectivity index (χ4n) is 2.75. The largest absolute Gasteiger partial charge is 0.343 e. The molecule has 23 heavy (non-hydrogen) atoms. The Labute approximate surface area is 148 Å². The van der Waals surface area contributed by atoms with Gasteiger partial charge in [0.2, 0.25) is 0 Å². The molecule has 2 aromatic heterocycles. The molecule has 1 nitrogen and oxygen atoms in total. The molecule has 0 aliphatic heterocycles. The van der Waals surface area contributed by atoms with Crippen LogP contribution in [0.5, 0.6) is 0 Å². The third-order valence-electron chi connectivity index (χ3n) is 3.92. The molecule has 0 radical (unpaired) electrons. The first-order valence-corrected chi connectivity index (χ1v) is 8.91. The number of benzene rings is 2. The quantitative estimate of drug-likeness (QED) is 0.383. The summed E-state index contributed by atoms with van der Waals surface area (Å²) in [5, 5.41) is 4.53. The van der Waals surface area contributed by atoms with Gasteiger partial charge in [-0.3, -0.25) is 0 Å². The zero-order valence-electron chi connectivity index (χ0n) is 12.2. The minimum absolute atomic E-state index is 0.591. The summed E-state index contributed by atoms with van der Waals surface area (Å²) in [6.07, 6.45) is 2.12. The van der Waals surface area contributed by atoms with Gasteiger partial charge in [0, 0.05) is 23.1 Å². The number of aromatic nitrogens is 1. The SMILES string of the molecule is Clc1ccc(Cn2ccc3ccc(-c4cccs4)cc32)cc1Cl. The van der Waals surface area contributed by atoms with Gasteiger partial charge < -0.3 is 4.57 Å². The molecule has 0 saturated heterocycles. The molecule has 2 heterocycles. The molecule has 4 heteroatoms. The predicted molar refractivity (Wildman–Crippen MR) is 101 cm³/mol. The zero-order chi connectivity index (χ0) is 15.8. The van der Waals surface area contributed by atoms with Crippen LogP contribution in [0, 0.1) is 0 Å². The lowest BCUT2D eigenvalue weighted by Gasteiger charge is -2.08. The number of rotatable bonds is 3. The van der Waals surface area contributed by atoms with Crippen molar-refractivity contribution in [2.75, 3.05) is 0 Å². The molecule has 0 amide bonds. The van der Waals surface area contributed by atoms with Crippen molar-refractivity contribution in [3.63, 3.8) is 0 Å². The second kappa shape index (κ2) is 6.04. The first kappa shape index (κ1) is 14.8. The summed E-state index contributed by atoms with van der Waals surface area (Å²) in [7, 11) is 0. The lowest BCUT2D eigenvalue weighted by Crippen LogP contribution is -1.97. The predicted octanol–water partition coefficient (Wildman–Crippen LogP) is 6.72. The van der Waals surface area contributed by atoms with Gasteiger partial charge in [0.1, 0.15) is 0 Å². The van der Waals surface area contributed by atoms with Crippen LogP contribution >= 0.6 is 34.5 Å². The van der Waals surface area contributed by atoms with Crippen molar-refractivity contribution >= 4 is 45.4 Å². The van der Waals surface area contributed by atoms with Gasteiger partial charge in [0.15, 0.2) is 0 Å². The van der Waals surface area contributed by atoms with Crippen LogP contribution in [-0.2, 0) is 6.54 Å². The van der Waals surface area contributed by atoms with Gasteiger partial charge >= 0.3 is 0 Å². The van der Waals surface area contributed by atoms with Crippen LogP contribution < -0.4 is 0 Å². The summed E-state index contributed by atoms with van der Waals surface area (Å²) in [6.45, 7) is 0.772. The zero-order valence-corrected chi connectivity index (χ0v) is 14.5. The molecule has 2 aromatic carbocycles. The molecule has 0 N–H and O–H groups in total. The minimum atomic E-state index is 0.591. The smallest absolute Gasteiger partial charge is 0.0595 e. The van der Waals surface area contributed by atoms with Gasteiger partial charge in [-0.05, 0) is 52.2 Å². The summed E-state index contributed by atoms with van der Waals surface area (Å²) in [5.74, 6) is 0. The fourth-order valence-corrected chi connectivity index (χ4v) is 3.80. The van der Waals surface area contributed by atoms with E-state index in [4.69, 9.17) is 23.2 Å². The molecule has 0 aliphatic carbocycles. The van der Waals surface area contributed by atoms with E-state index in [1.54, 1.807) is 11.3 Å². The van der Waals surface area contributed by atoms with Crippen molar-refractivity contribution in [1.29, 1.82) is 0 Å². The van der Waals surface area contributed by atoms with Crippen LogP contribution in [0.4, 0.5) is 0 Å². The molecule has 4 aromatic rings. The molecule has 0 spiro atoms. The van der Waals surface area contributed by atoms with Crippen molar-refractivity contribution in [3.8, 4) is 10.4 Å². The molecule has 4 rings (SSSR count). The number of halogens is 2. The lowest BCUT2D eigenvalue weighted by molar-refractivity contribution is 0.837. The summed E-state index contributed by atoms with van der Waals surface area (Å²) >= 11 is 13.9. The van der Waals surface area contributed by atoms with E-state index in [2.05, 4.69) is 52.5 Å². The van der Waals surface area contributed by atoms with Crippen LogP contribution in [0.15, 0.2) is 66.2 Å². The monoisotopic (exact) mass is 357 g/mol. The van der Waals surface area contributed by atoms with Crippen molar-refractivity contribution in [2.45, 2.75) is 6.54 Å². The van der Waals surface area contributed by atoms with E-state index < -0.39 is 0 Å². The summed E-state index contributed by atoms with van der Waals surface area (Å²) < 4.78 is 2.24. The van der Waals surface area contributed by atoms with Crippen LogP contribution in [0.3, 0.4) is 0 Å². The van der Waals surface area contributed by atoms with Crippen LogP contribution in [0.1, 0.15) is 5.56 Å². The second-order valence-electron chi connectivity index (χ2n) is 5.44. The van der Waals surface area contributed by atoms with Crippen molar-refractivity contribution in [1.82, 2.24) is 4.57 Å². The average molecular weight is 358 g/mol. The highest BCUT2D eigenvalue weighted by Crippen LogP contribution is 2.29. The Morgan fingerprint density at radius 3 is 2.61 bits per heavy atom. The van der Waals surface area contributed by atoms with Gasteiger partial charge in [-0.1, -0.05) is 47.5 Å². The van der Waals surface area contributed by atoms with Crippen LogP contribution in [-0.4, -0.2) is 4.57 Å². The van der Waals surface area contributed by atoms with E-state index in [0.29, 0.717) is 10.0 Å². The lowest BCUT2D eigenvalue weighted by atomic mass is 10.1. The molecular weight excluding hydrogens is 345 g/mol. The molecule has 0 unspecified atom stereocenters. The minimum Gasteiger partial charge on any atom is -0.343 e. The van der Waals surface area contributed by atoms with Gasteiger partial charge in [0.05, 0.1) is 10.0 Å². The van der Waals surface area contributed by atoms with Gasteiger partial charge in [-0.15, -0.1) is 11.3 Å². The van der Waals surface area contributed by atoms with Crippen molar-refractivity contribution in [3.05, 3.63) is 81.8 Å². The van der Waals surface area contributed by atoms with Crippen LogP contribution in [0.25, 0.3) is 21.3 Å². The second-order valence-corrected chi connectivity index (χ2v) is 7.21. The third-order valence-corrected chi connectivity index (χ3v) is 5.57. The van der Waals surface area contributed by atoms with E-state index >= 15 is 0 Å². The Kier molecular flexibility index (Phi) is 3.90. The Morgan fingerprint density at radius 2 is 1.83 bits per heavy atom. The molecule has 0 atom stereocenters. The maximum atomic E-state index is 6.13. The maximum Gasteiger partial charge on any atom is 0.0595 e. The molecule has 0 saturated carbocycles. The summed E-state index contributed by atoms with van der Waals surface area (Å²) in [6, 6.07) is 18.8. The van der Waals surface area contributed by atoms with Crippen molar-refractivity contribution in [2.24, 2.45) is 0 Å². The van der Waals surface area contributed by atoms with E-state index in [1.807, 2.05) is 18.2 Å².